The fourth-order valence-corrected chi connectivity index (χ4v) is 5.52. The Morgan fingerprint density at radius 1 is 1.07 bits per heavy atom. The Kier molecular flexibility index (Phi) is 4.36. The Bertz CT molecular complexity index is 1190. The fourth-order valence-electron chi connectivity index (χ4n) is 4.12. The molecule has 140 valence electrons. The van der Waals surface area contributed by atoms with Crippen molar-refractivity contribution < 1.29 is 0 Å². The lowest BCUT2D eigenvalue weighted by atomic mass is 9.89. The number of nitrogens with one attached hydrogen (secondary N) is 1. The second-order valence-corrected chi connectivity index (χ2v) is 8.87. The number of hydrogen-bond donors (Lipinski definition) is 1. The first kappa shape index (κ1) is 17.4. The molecule has 1 atom stereocenters. The Labute approximate surface area is 168 Å². The number of aromatic amines is 1. The predicted octanol–water partition coefficient (Wildman–Crippen LogP) is 5.37. The third-order valence-electron chi connectivity index (χ3n) is 5.65. The molecule has 0 saturated carbocycles. The van der Waals surface area contributed by atoms with Gasteiger partial charge in [0.05, 0.1) is 5.39 Å². The van der Waals surface area contributed by atoms with Gasteiger partial charge in [-0.25, -0.2) is 4.98 Å². The van der Waals surface area contributed by atoms with E-state index in [0.717, 1.165) is 40.9 Å². The summed E-state index contributed by atoms with van der Waals surface area (Å²) in [4.78, 5) is 22.9. The third-order valence-corrected chi connectivity index (χ3v) is 6.80. The summed E-state index contributed by atoms with van der Waals surface area (Å²) in [6, 6.07) is 18.9. The molecule has 0 aliphatic heterocycles. The highest BCUT2D eigenvalue weighted by molar-refractivity contribution is 7.18. The quantitative estimate of drug-likeness (QED) is 0.515. The molecule has 3 nitrogen and oxygen atoms in total. The van der Waals surface area contributed by atoms with Gasteiger partial charge in [0.15, 0.2) is 0 Å². The van der Waals surface area contributed by atoms with Crippen molar-refractivity contribution in [2.45, 2.75) is 32.6 Å². The summed E-state index contributed by atoms with van der Waals surface area (Å²) < 4.78 is 0. The molecule has 1 N–H and O–H groups in total. The van der Waals surface area contributed by atoms with Gasteiger partial charge in [-0.15, -0.1) is 11.3 Å². The van der Waals surface area contributed by atoms with Gasteiger partial charge in [-0.3, -0.25) is 4.79 Å². The van der Waals surface area contributed by atoms with Crippen LogP contribution in [0.25, 0.3) is 21.3 Å². The lowest BCUT2D eigenvalue weighted by Crippen LogP contribution is -2.14. The SMILES string of the molecule is CC1CCc2c(sc3nc(Cc4ccc(-c5ccccc5)cc4)[nH]c(=O)c23)C1. The van der Waals surface area contributed by atoms with Crippen LogP contribution in [0.1, 0.15) is 35.2 Å². The summed E-state index contributed by atoms with van der Waals surface area (Å²) in [6.07, 6.45) is 3.88. The first-order valence-corrected chi connectivity index (χ1v) is 10.7. The first-order valence-electron chi connectivity index (χ1n) is 9.85. The first-order chi connectivity index (χ1) is 13.7. The Morgan fingerprint density at radius 3 is 2.61 bits per heavy atom. The molecular formula is C24H22N2OS. The molecule has 28 heavy (non-hydrogen) atoms. The number of fused-ring (bicyclic) bond motifs is 3. The third kappa shape index (κ3) is 3.18. The van der Waals surface area contributed by atoms with Crippen LogP contribution in [0.15, 0.2) is 59.4 Å². The van der Waals surface area contributed by atoms with E-state index in [4.69, 9.17) is 4.98 Å². The Balaban J connectivity index is 1.45. The molecule has 0 saturated heterocycles. The van der Waals surface area contributed by atoms with E-state index < -0.39 is 0 Å². The van der Waals surface area contributed by atoms with Crippen LogP contribution in [0.5, 0.6) is 0 Å². The van der Waals surface area contributed by atoms with Gasteiger partial charge in [0.1, 0.15) is 10.7 Å². The summed E-state index contributed by atoms with van der Waals surface area (Å²) in [5.41, 5.74) is 4.82. The van der Waals surface area contributed by atoms with E-state index in [1.807, 2.05) is 6.07 Å². The number of hydrogen-bond acceptors (Lipinski definition) is 3. The van der Waals surface area contributed by atoms with Crippen LogP contribution in [0.3, 0.4) is 0 Å². The molecule has 0 radical (unpaired) electrons. The van der Waals surface area contributed by atoms with E-state index in [0.29, 0.717) is 12.3 Å². The molecule has 1 aliphatic carbocycles. The molecular weight excluding hydrogens is 364 g/mol. The Morgan fingerprint density at radius 2 is 1.82 bits per heavy atom. The van der Waals surface area contributed by atoms with Crippen LogP contribution in [0.2, 0.25) is 0 Å². The van der Waals surface area contributed by atoms with Gasteiger partial charge in [0.25, 0.3) is 5.56 Å². The lowest BCUT2D eigenvalue weighted by molar-refractivity contribution is 0.509. The molecule has 1 unspecified atom stereocenters. The van der Waals surface area contributed by atoms with Crippen LogP contribution >= 0.6 is 11.3 Å². The van der Waals surface area contributed by atoms with E-state index >= 15 is 0 Å². The van der Waals surface area contributed by atoms with Crippen molar-refractivity contribution in [3.63, 3.8) is 0 Å². The van der Waals surface area contributed by atoms with Gasteiger partial charge < -0.3 is 4.98 Å². The van der Waals surface area contributed by atoms with Crippen LogP contribution < -0.4 is 5.56 Å². The normalized spacial score (nSPS) is 16.2. The van der Waals surface area contributed by atoms with Crippen LogP contribution in [-0.4, -0.2) is 9.97 Å². The highest BCUT2D eigenvalue weighted by Gasteiger charge is 2.23. The summed E-state index contributed by atoms with van der Waals surface area (Å²) in [5, 5.41) is 0.829. The van der Waals surface area contributed by atoms with Gasteiger partial charge in [-0.05, 0) is 47.4 Å². The van der Waals surface area contributed by atoms with Gasteiger partial charge in [-0.1, -0.05) is 61.5 Å². The zero-order valence-corrected chi connectivity index (χ0v) is 16.7. The topological polar surface area (TPSA) is 45.8 Å². The molecule has 1 aliphatic rings. The fraction of sp³-hybridized carbons (Fsp3) is 0.250. The molecule has 4 aromatic rings. The zero-order chi connectivity index (χ0) is 19.1. The maximum atomic E-state index is 12.8. The average Bonchev–Trinajstić information content (AvgIpc) is 3.07. The van der Waals surface area contributed by atoms with Gasteiger partial charge in [0, 0.05) is 11.3 Å². The van der Waals surface area contributed by atoms with Gasteiger partial charge >= 0.3 is 0 Å². The molecule has 4 heteroatoms. The molecule has 5 rings (SSSR count). The molecule has 0 bridgehead atoms. The number of benzene rings is 2. The second kappa shape index (κ2) is 7.02. The Hall–Kier alpha value is -2.72. The van der Waals surface area contributed by atoms with Crippen molar-refractivity contribution in [3.8, 4) is 11.1 Å². The number of thiophene rings is 1. The van der Waals surface area contributed by atoms with Crippen LogP contribution in [0, 0.1) is 5.92 Å². The van der Waals surface area contributed by atoms with E-state index in [1.165, 1.54) is 21.6 Å². The summed E-state index contributed by atoms with van der Waals surface area (Å²) in [5.74, 6) is 1.44. The summed E-state index contributed by atoms with van der Waals surface area (Å²) >= 11 is 1.71. The molecule has 2 aromatic carbocycles. The van der Waals surface area contributed by atoms with Crippen molar-refractivity contribution in [2.24, 2.45) is 5.92 Å². The number of nitrogens with zero attached hydrogens (tertiary/aromatic N) is 1. The molecule has 0 fully saturated rings. The summed E-state index contributed by atoms with van der Waals surface area (Å²) in [6.45, 7) is 2.29. The van der Waals surface area contributed by atoms with Crippen molar-refractivity contribution in [1.29, 1.82) is 0 Å². The van der Waals surface area contributed by atoms with E-state index in [1.54, 1.807) is 11.3 Å². The van der Waals surface area contributed by atoms with Gasteiger partial charge in [0.2, 0.25) is 0 Å². The molecule has 2 heterocycles. The number of rotatable bonds is 3. The number of aromatic nitrogens is 2. The van der Waals surface area contributed by atoms with Crippen LogP contribution in [-0.2, 0) is 19.3 Å². The van der Waals surface area contributed by atoms with Crippen molar-refractivity contribution in [3.05, 3.63) is 86.8 Å². The maximum Gasteiger partial charge on any atom is 0.259 e. The second-order valence-electron chi connectivity index (χ2n) is 7.78. The van der Waals surface area contributed by atoms with E-state index in [-0.39, 0.29) is 5.56 Å². The van der Waals surface area contributed by atoms with Crippen molar-refractivity contribution in [2.75, 3.05) is 0 Å². The van der Waals surface area contributed by atoms with E-state index in [2.05, 4.69) is 60.4 Å². The van der Waals surface area contributed by atoms with Crippen molar-refractivity contribution in [1.82, 2.24) is 9.97 Å². The molecule has 0 spiro atoms. The molecule has 0 amide bonds. The monoisotopic (exact) mass is 386 g/mol. The number of aryl methyl sites for hydroxylation is 1. The van der Waals surface area contributed by atoms with Crippen LogP contribution in [0.4, 0.5) is 0 Å². The summed E-state index contributed by atoms with van der Waals surface area (Å²) in [7, 11) is 0. The minimum Gasteiger partial charge on any atom is -0.310 e. The average molecular weight is 387 g/mol. The predicted molar refractivity (Wildman–Crippen MR) is 116 cm³/mol. The largest absolute Gasteiger partial charge is 0.310 e. The lowest BCUT2D eigenvalue weighted by Gasteiger charge is -2.17. The van der Waals surface area contributed by atoms with E-state index in [9.17, 15) is 4.79 Å². The minimum atomic E-state index is 0.0213. The zero-order valence-electron chi connectivity index (χ0n) is 15.9. The highest BCUT2D eigenvalue weighted by atomic mass is 32.1. The highest BCUT2D eigenvalue weighted by Crippen LogP contribution is 2.35. The van der Waals surface area contributed by atoms with Gasteiger partial charge in [-0.2, -0.15) is 0 Å². The molecule has 2 aromatic heterocycles. The smallest absolute Gasteiger partial charge is 0.259 e. The maximum absolute atomic E-state index is 12.8. The van der Waals surface area contributed by atoms with Crippen molar-refractivity contribution >= 4 is 21.6 Å². The minimum absolute atomic E-state index is 0.0213. The standard InChI is InChI=1S/C24H22N2OS/c1-15-7-12-19-20(13-15)28-24-22(19)23(27)25-21(26-24)14-16-8-10-18(11-9-16)17-5-3-2-4-6-17/h2-6,8-11,15H,7,12-14H2,1H3,(H,25,26,27). The number of H-pyrrole nitrogens is 1.